The lowest BCUT2D eigenvalue weighted by molar-refractivity contribution is -0.134. The fourth-order valence-electron chi connectivity index (χ4n) is 3.59. The molecule has 1 aromatic rings. The summed E-state index contributed by atoms with van der Waals surface area (Å²) in [4.78, 5) is 26.6. The van der Waals surface area contributed by atoms with Gasteiger partial charge in [0.05, 0.1) is 29.0 Å². The van der Waals surface area contributed by atoms with Crippen molar-refractivity contribution in [3.8, 4) is 5.75 Å². The van der Waals surface area contributed by atoms with Crippen LogP contribution in [0.2, 0.25) is 0 Å². The Kier molecular flexibility index (Phi) is 7.23. The minimum atomic E-state index is -3.32. The summed E-state index contributed by atoms with van der Waals surface area (Å²) in [7, 11) is -4.88. The molecule has 2 heterocycles. The van der Waals surface area contributed by atoms with Gasteiger partial charge in [-0.2, -0.15) is 5.10 Å². The Hall–Kier alpha value is -2.47. The Morgan fingerprint density at radius 3 is 2.72 bits per heavy atom. The number of rotatable bonds is 8. The highest BCUT2D eigenvalue weighted by Gasteiger charge is 2.37. The highest BCUT2D eigenvalue weighted by atomic mass is 32.2. The Morgan fingerprint density at radius 2 is 2.06 bits per heavy atom. The molecule has 2 amide bonds. The molecule has 1 unspecified atom stereocenters. The van der Waals surface area contributed by atoms with Crippen LogP contribution in [0.15, 0.2) is 34.3 Å². The van der Waals surface area contributed by atoms with E-state index in [1.165, 1.54) is 22.0 Å². The van der Waals surface area contributed by atoms with E-state index in [0.717, 1.165) is 6.26 Å². The smallest absolute Gasteiger partial charge is 0.269 e. The molecule has 32 heavy (non-hydrogen) atoms. The molecule has 0 spiro atoms. The topological polar surface area (TPSA) is 130 Å². The average molecular weight is 486 g/mol. The van der Waals surface area contributed by atoms with Crippen molar-refractivity contribution in [2.75, 3.05) is 38.0 Å². The zero-order valence-corrected chi connectivity index (χ0v) is 19.7. The zero-order chi connectivity index (χ0) is 23.5. The van der Waals surface area contributed by atoms with Crippen LogP contribution in [0.4, 0.5) is 0 Å². The summed E-state index contributed by atoms with van der Waals surface area (Å²) in [5.74, 6) is -0.261. The Morgan fingerprint density at radius 1 is 1.31 bits per heavy atom. The molecule has 0 saturated carbocycles. The molecule has 1 saturated heterocycles. The lowest BCUT2D eigenvalue weighted by Crippen LogP contribution is -2.44. The second kappa shape index (κ2) is 9.57. The van der Waals surface area contributed by atoms with Crippen LogP contribution < -0.4 is 4.74 Å². The Balaban J connectivity index is 1.53. The maximum atomic E-state index is 12.7. The predicted octanol–water partition coefficient (Wildman–Crippen LogP) is 0.483. The summed E-state index contributed by atoms with van der Waals surface area (Å²) in [6.07, 6.45) is 2.29. The first-order chi connectivity index (χ1) is 15.0. The van der Waals surface area contributed by atoms with E-state index in [4.69, 9.17) is 4.74 Å². The van der Waals surface area contributed by atoms with E-state index in [2.05, 4.69) is 5.10 Å². The van der Waals surface area contributed by atoms with E-state index < -0.39 is 25.7 Å². The van der Waals surface area contributed by atoms with Crippen molar-refractivity contribution in [2.45, 2.75) is 36.6 Å². The number of sulfone groups is 2. The molecule has 1 fully saturated rings. The molecule has 10 nitrogen and oxygen atoms in total. The second-order valence-electron chi connectivity index (χ2n) is 8.02. The van der Waals surface area contributed by atoms with Crippen LogP contribution in [0.1, 0.15) is 25.7 Å². The predicted molar refractivity (Wildman–Crippen MR) is 118 cm³/mol. The molecule has 0 aliphatic carbocycles. The molecule has 1 aromatic carbocycles. The van der Waals surface area contributed by atoms with Gasteiger partial charge in [0.25, 0.3) is 5.91 Å². The Labute approximate surface area is 188 Å². The first kappa shape index (κ1) is 24.2. The van der Waals surface area contributed by atoms with Crippen LogP contribution in [0, 0.1) is 0 Å². The van der Waals surface area contributed by atoms with Crippen molar-refractivity contribution in [1.29, 1.82) is 0 Å². The van der Waals surface area contributed by atoms with Crippen LogP contribution in [0.25, 0.3) is 0 Å². The van der Waals surface area contributed by atoms with Gasteiger partial charge in [0, 0.05) is 32.7 Å². The normalized spacial score (nSPS) is 20.7. The third-order valence-corrected chi connectivity index (χ3v) is 8.21. The quantitative estimate of drug-likeness (QED) is 0.490. The van der Waals surface area contributed by atoms with E-state index in [1.807, 2.05) is 0 Å². The summed E-state index contributed by atoms with van der Waals surface area (Å²) in [6.45, 7) is 0.650. The molecule has 0 radical (unpaired) electrons. The van der Waals surface area contributed by atoms with Crippen molar-refractivity contribution in [2.24, 2.45) is 5.10 Å². The number of hydrogen-bond donors (Lipinski definition) is 0. The van der Waals surface area contributed by atoms with Gasteiger partial charge in [-0.05, 0) is 31.0 Å². The van der Waals surface area contributed by atoms with Crippen LogP contribution in [0.5, 0.6) is 5.75 Å². The number of nitrogens with zero attached hydrogens (tertiary/aromatic N) is 3. The number of ether oxygens (including phenoxy) is 1. The molecular weight excluding hydrogens is 458 g/mol. The first-order valence-corrected chi connectivity index (χ1v) is 14.0. The van der Waals surface area contributed by atoms with Gasteiger partial charge in [-0.1, -0.05) is 6.07 Å². The number of hydrazone groups is 1. The Bertz CT molecular complexity index is 1130. The minimum absolute atomic E-state index is 0.0211. The van der Waals surface area contributed by atoms with Crippen LogP contribution >= 0.6 is 0 Å². The second-order valence-corrected chi connectivity index (χ2v) is 12.3. The minimum Gasteiger partial charge on any atom is -0.493 e. The maximum absolute atomic E-state index is 12.7. The highest BCUT2D eigenvalue weighted by Crippen LogP contribution is 2.22. The molecular formula is C20H27N3O7S2. The third kappa shape index (κ3) is 6.06. The third-order valence-electron chi connectivity index (χ3n) is 5.35. The van der Waals surface area contributed by atoms with Gasteiger partial charge >= 0.3 is 0 Å². The molecule has 2 aliphatic heterocycles. The number of benzene rings is 1. The number of carbonyl (C=O) groups excluding carboxylic acids is 2. The van der Waals surface area contributed by atoms with Crippen LogP contribution in [0.3, 0.4) is 0 Å². The molecule has 12 heteroatoms. The van der Waals surface area contributed by atoms with E-state index in [9.17, 15) is 26.4 Å². The maximum Gasteiger partial charge on any atom is 0.269 e. The van der Waals surface area contributed by atoms with Crippen molar-refractivity contribution in [3.63, 3.8) is 0 Å². The average Bonchev–Trinajstić information content (AvgIpc) is 3.10. The largest absolute Gasteiger partial charge is 0.493 e. The number of hydrogen-bond acceptors (Lipinski definition) is 8. The monoisotopic (exact) mass is 485 g/mol. The summed E-state index contributed by atoms with van der Waals surface area (Å²) in [6, 6.07) is 5.70. The lowest BCUT2D eigenvalue weighted by Gasteiger charge is -2.28. The summed E-state index contributed by atoms with van der Waals surface area (Å²) < 4.78 is 52.3. The van der Waals surface area contributed by atoms with Crippen LogP contribution in [-0.4, -0.2) is 88.3 Å². The SMILES string of the molecule is CN(CCCOc1cccc(S(C)(=O)=O)c1)C(=O)C1=NN(C2CCS(=O)(=O)C2)C(=O)CC1. The summed E-state index contributed by atoms with van der Waals surface area (Å²) >= 11 is 0. The van der Waals surface area contributed by atoms with E-state index in [1.54, 1.807) is 19.2 Å². The van der Waals surface area contributed by atoms with E-state index >= 15 is 0 Å². The molecule has 1 atom stereocenters. The molecule has 0 N–H and O–H groups in total. The van der Waals surface area contributed by atoms with Crippen molar-refractivity contribution in [3.05, 3.63) is 24.3 Å². The fourth-order valence-corrected chi connectivity index (χ4v) is 5.94. The molecule has 0 aromatic heterocycles. The molecule has 3 rings (SSSR count). The van der Waals surface area contributed by atoms with Gasteiger partial charge in [-0.25, -0.2) is 21.8 Å². The van der Waals surface area contributed by atoms with Crippen molar-refractivity contribution in [1.82, 2.24) is 9.91 Å². The van der Waals surface area contributed by atoms with Gasteiger partial charge in [-0.15, -0.1) is 0 Å². The molecule has 0 bridgehead atoms. The summed E-state index contributed by atoms with van der Waals surface area (Å²) in [5, 5.41) is 5.37. The van der Waals surface area contributed by atoms with Gasteiger partial charge in [0.15, 0.2) is 19.7 Å². The number of carbonyl (C=O) groups is 2. The van der Waals surface area contributed by atoms with Crippen molar-refractivity contribution >= 4 is 37.2 Å². The zero-order valence-electron chi connectivity index (χ0n) is 18.1. The van der Waals surface area contributed by atoms with Crippen molar-refractivity contribution < 1.29 is 31.2 Å². The summed E-state index contributed by atoms with van der Waals surface area (Å²) in [5.41, 5.74) is 0.234. The number of amides is 2. The van der Waals surface area contributed by atoms with Crippen LogP contribution in [-0.2, 0) is 29.3 Å². The van der Waals surface area contributed by atoms with Gasteiger partial charge < -0.3 is 9.64 Å². The standard InChI is InChI=1S/C20H27N3O7S2/c1-22(10-4-11-30-16-5-3-6-17(13-16)31(2,26)27)20(25)18-7-8-19(24)23(21-18)15-9-12-32(28,29)14-15/h3,5-6,13,15H,4,7-12,14H2,1-2H3. The van der Waals surface area contributed by atoms with Gasteiger partial charge in [0.2, 0.25) is 5.91 Å². The van der Waals surface area contributed by atoms with E-state index in [0.29, 0.717) is 25.1 Å². The fraction of sp³-hybridized carbons (Fsp3) is 0.550. The van der Waals surface area contributed by atoms with Gasteiger partial charge in [0.1, 0.15) is 11.5 Å². The molecule has 176 valence electrons. The van der Waals surface area contributed by atoms with E-state index in [-0.39, 0.29) is 53.4 Å². The highest BCUT2D eigenvalue weighted by molar-refractivity contribution is 7.91. The lowest BCUT2D eigenvalue weighted by atomic mass is 10.1. The first-order valence-electron chi connectivity index (χ1n) is 10.2. The molecule has 2 aliphatic rings. The van der Waals surface area contributed by atoms with Gasteiger partial charge in [-0.3, -0.25) is 9.59 Å².